The zero-order chi connectivity index (χ0) is 14.3. The van der Waals surface area contributed by atoms with Gasteiger partial charge in [0.05, 0.1) is 0 Å². The second-order valence-electron chi connectivity index (χ2n) is 4.50. The number of likely N-dealkylation sites (N-methyl/N-ethyl adjacent to an activating group) is 1. The zero-order valence-electron chi connectivity index (χ0n) is 11.7. The Kier molecular flexibility index (Phi) is 10.0. The van der Waals surface area contributed by atoms with Gasteiger partial charge in [-0.2, -0.15) is 0 Å². The summed E-state index contributed by atoms with van der Waals surface area (Å²) in [5.41, 5.74) is 0.945. The number of amides is 1. The summed E-state index contributed by atoms with van der Waals surface area (Å²) in [6.07, 6.45) is 1.05. The number of rotatable bonds is 7. The van der Waals surface area contributed by atoms with Crippen molar-refractivity contribution in [1.82, 2.24) is 10.6 Å². The molecule has 0 aromatic heterocycles. The van der Waals surface area contributed by atoms with E-state index in [0.29, 0.717) is 29.4 Å². The molecule has 0 aliphatic carbocycles. The van der Waals surface area contributed by atoms with Crippen LogP contribution in [0.1, 0.15) is 25.8 Å². The number of carbonyl (C=O) groups excluding carboxylic acids is 1. The smallest absolute Gasteiger partial charge is 0.220 e. The molecule has 1 atom stereocenters. The molecule has 0 unspecified atom stereocenters. The highest BCUT2D eigenvalue weighted by Gasteiger charge is 2.07. The lowest BCUT2D eigenvalue weighted by atomic mass is 10.1. The minimum Gasteiger partial charge on any atom is -0.355 e. The molecule has 0 aliphatic heterocycles. The third-order valence-corrected chi connectivity index (χ3v) is 3.38. The summed E-state index contributed by atoms with van der Waals surface area (Å²) in [6, 6.07) is 5.63. The molecule has 114 valence electrons. The van der Waals surface area contributed by atoms with Crippen LogP contribution in [0.5, 0.6) is 0 Å². The van der Waals surface area contributed by atoms with Gasteiger partial charge in [0, 0.05) is 29.1 Å². The monoisotopic (exact) mass is 338 g/mol. The number of nitrogens with one attached hydrogen (secondary N) is 2. The molecule has 1 aromatic rings. The summed E-state index contributed by atoms with van der Waals surface area (Å²) < 4.78 is 0. The second kappa shape index (κ2) is 10.3. The Hall–Kier alpha value is -0.480. The van der Waals surface area contributed by atoms with Gasteiger partial charge in [0.25, 0.3) is 0 Å². The van der Waals surface area contributed by atoms with E-state index in [1.165, 1.54) is 0 Å². The van der Waals surface area contributed by atoms with E-state index in [9.17, 15) is 4.79 Å². The number of hydrogen-bond donors (Lipinski definition) is 2. The Bertz CT molecular complexity index is 427. The molecular formula is C14H21Cl3N2O. The van der Waals surface area contributed by atoms with Gasteiger partial charge in [-0.05, 0) is 37.6 Å². The van der Waals surface area contributed by atoms with Crippen LogP contribution in [0.2, 0.25) is 10.0 Å². The lowest BCUT2D eigenvalue weighted by molar-refractivity contribution is -0.121. The van der Waals surface area contributed by atoms with Crippen molar-refractivity contribution in [3.05, 3.63) is 33.8 Å². The van der Waals surface area contributed by atoms with Gasteiger partial charge < -0.3 is 10.6 Å². The molecule has 2 N–H and O–H groups in total. The minimum absolute atomic E-state index is 0. The maximum absolute atomic E-state index is 11.7. The molecule has 0 aliphatic rings. The maximum Gasteiger partial charge on any atom is 0.220 e. The summed E-state index contributed by atoms with van der Waals surface area (Å²) in [5.74, 6) is 0.0377. The van der Waals surface area contributed by atoms with Gasteiger partial charge in [-0.3, -0.25) is 4.79 Å². The van der Waals surface area contributed by atoms with Crippen LogP contribution in [0.15, 0.2) is 18.2 Å². The molecule has 0 fully saturated rings. The van der Waals surface area contributed by atoms with Crippen molar-refractivity contribution in [2.75, 3.05) is 13.1 Å². The van der Waals surface area contributed by atoms with Crippen molar-refractivity contribution in [2.24, 2.45) is 0 Å². The van der Waals surface area contributed by atoms with Crippen molar-refractivity contribution in [3.8, 4) is 0 Å². The SMILES string of the molecule is CCN[C@H](C)CNC(=O)CCc1ccc(Cl)cc1Cl.Cl. The van der Waals surface area contributed by atoms with E-state index < -0.39 is 0 Å². The van der Waals surface area contributed by atoms with Crippen molar-refractivity contribution < 1.29 is 4.79 Å². The van der Waals surface area contributed by atoms with Gasteiger partial charge in [0.1, 0.15) is 0 Å². The first-order valence-electron chi connectivity index (χ1n) is 6.47. The van der Waals surface area contributed by atoms with E-state index in [-0.39, 0.29) is 24.4 Å². The predicted molar refractivity (Wildman–Crippen MR) is 88.2 cm³/mol. The fourth-order valence-electron chi connectivity index (χ4n) is 1.75. The van der Waals surface area contributed by atoms with Crippen LogP contribution in [0.4, 0.5) is 0 Å². The summed E-state index contributed by atoms with van der Waals surface area (Å²) >= 11 is 11.9. The summed E-state index contributed by atoms with van der Waals surface area (Å²) in [7, 11) is 0. The molecule has 0 bridgehead atoms. The number of aryl methyl sites for hydroxylation is 1. The van der Waals surface area contributed by atoms with Gasteiger partial charge in [-0.15, -0.1) is 12.4 Å². The fourth-order valence-corrected chi connectivity index (χ4v) is 2.25. The molecule has 0 saturated carbocycles. The van der Waals surface area contributed by atoms with E-state index in [1.807, 2.05) is 19.9 Å². The molecule has 0 saturated heterocycles. The molecule has 0 radical (unpaired) electrons. The Morgan fingerprint density at radius 3 is 2.65 bits per heavy atom. The van der Waals surface area contributed by atoms with E-state index >= 15 is 0 Å². The second-order valence-corrected chi connectivity index (χ2v) is 5.34. The first-order valence-corrected chi connectivity index (χ1v) is 7.22. The lowest BCUT2D eigenvalue weighted by Gasteiger charge is -2.13. The van der Waals surface area contributed by atoms with Crippen LogP contribution in [-0.2, 0) is 11.2 Å². The molecular weight excluding hydrogens is 319 g/mol. The zero-order valence-corrected chi connectivity index (χ0v) is 14.0. The number of halogens is 3. The highest BCUT2D eigenvalue weighted by atomic mass is 35.5. The minimum atomic E-state index is 0. The third kappa shape index (κ3) is 7.34. The maximum atomic E-state index is 11.7. The van der Waals surface area contributed by atoms with Crippen molar-refractivity contribution >= 4 is 41.5 Å². The first-order chi connectivity index (χ1) is 9.02. The normalized spacial score (nSPS) is 11.6. The fraction of sp³-hybridized carbons (Fsp3) is 0.500. The highest BCUT2D eigenvalue weighted by molar-refractivity contribution is 6.35. The molecule has 1 rings (SSSR count). The van der Waals surface area contributed by atoms with E-state index in [1.54, 1.807) is 12.1 Å². The van der Waals surface area contributed by atoms with Crippen LogP contribution >= 0.6 is 35.6 Å². The summed E-state index contributed by atoms with van der Waals surface area (Å²) in [5, 5.41) is 7.36. The Labute approximate surface area is 136 Å². The van der Waals surface area contributed by atoms with E-state index in [0.717, 1.165) is 12.1 Å². The Morgan fingerprint density at radius 2 is 2.05 bits per heavy atom. The number of carbonyl (C=O) groups is 1. The molecule has 1 amide bonds. The molecule has 3 nitrogen and oxygen atoms in total. The molecule has 0 heterocycles. The van der Waals surface area contributed by atoms with Crippen LogP contribution in [0.3, 0.4) is 0 Å². The van der Waals surface area contributed by atoms with Crippen LogP contribution in [-0.4, -0.2) is 25.0 Å². The van der Waals surface area contributed by atoms with Gasteiger partial charge >= 0.3 is 0 Å². The predicted octanol–water partition coefficient (Wildman–Crippen LogP) is 3.46. The quantitative estimate of drug-likeness (QED) is 0.798. The lowest BCUT2D eigenvalue weighted by Crippen LogP contribution is -2.38. The van der Waals surface area contributed by atoms with Crippen molar-refractivity contribution in [2.45, 2.75) is 32.7 Å². The van der Waals surface area contributed by atoms with Gasteiger partial charge in [0.2, 0.25) is 5.91 Å². The van der Waals surface area contributed by atoms with Crippen molar-refractivity contribution in [3.63, 3.8) is 0 Å². The average molecular weight is 340 g/mol. The van der Waals surface area contributed by atoms with Crippen molar-refractivity contribution in [1.29, 1.82) is 0 Å². The molecule has 1 aromatic carbocycles. The van der Waals surface area contributed by atoms with Gasteiger partial charge in [0.15, 0.2) is 0 Å². The number of hydrogen-bond acceptors (Lipinski definition) is 2. The standard InChI is InChI=1S/C14H20Cl2N2O.ClH/c1-3-17-10(2)9-18-14(19)7-5-11-4-6-12(15)8-13(11)16;/h4,6,8,10,17H,3,5,7,9H2,1-2H3,(H,18,19);1H/t10-;/m1./s1. The van der Waals surface area contributed by atoms with E-state index in [4.69, 9.17) is 23.2 Å². The van der Waals surface area contributed by atoms with Crippen LogP contribution in [0.25, 0.3) is 0 Å². The average Bonchev–Trinajstić information content (AvgIpc) is 2.35. The number of benzene rings is 1. The molecule has 20 heavy (non-hydrogen) atoms. The Balaban J connectivity index is 0.00000361. The summed E-state index contributed by atoms with van der Waals surface area (Å²) in [4.78, 5) is 11.7. The largest absolute Gasteiger partial charge is 0.355 e. The topological polar surface area (TPSA) is 41.1 Å². The summed E-state index contributed by atoms with van der Waals surface area (Å²) in [6.45, 7) is 5.62. The third-order valence-electron chi connectivity index (χ3n) is 2.79. The van der Waals surface area contributed by atoms with Gasteiger partial charge in [-0.25, -0.2) is 0 Å². The highest BCUT2D eigenvalue weighted by Crippen LogP contribution is 2.21. The van der Waals surface area contributed by atoms with E-state index in [2.05, 4.69) is 10.6 Å². The van der Waals surface area contributed by atoms with Gasteiger partial charge in [-0.1, -0.05) is 36.2 Å². The van der Waals surface area contributed by atoms with Crippen LogP contribution < -0.4 is 10.6 Å². The molecule has 0 spiro atoms. The first kappa shape index (κ1) is 19.5. The van der Waals surface area contributed by atoms with Crippen LogP contribution in [0, 0.1) is 0 Å². The molecule has 6 heteroatoms. The Morgan fingerprint density at radius 1 is 1.35 bits per heavy atom.